The largest absolute Gasteiger partial charge is 0.310 e. The second kappa shape index (κ2) is 6.70. The van der Waals surface area contributed by atoms with E-state index in [1.807, 2.05) is 16.4 Å². The zero-order valence-electron chi connectivity index (χ0n) is 12.2. The van der Waals surface area contributed by atoms with E-state index in [2.05, 4.69) is 41.6 Å². The molecule has 0 bridgehead atoms. The minimum atomic E-state index is 0.144. The van der Waals surface area contributed by atoms with E-state index in [-0.39, 0.29) is 5.54 Å². The first-order valence-corrected chi connectivity index (χ1v) is 8.10. The Morgan fingerprint density at radius 3 is 2.68 bits per heavy atom. The molecular formula is C13H25N5S. The predicted molar refractivity (Wildman–Crippen MR) is 78.3 cm³/mol. The van der Waals surface area contributed by atoms with Crippen LogP contribution in [-0.4, -0.2) is 37.5 Å². The summed E-state index contributed by atoms with van der Waals surface area (Å²) in [6.45, 7) is 8.24. The maximum absolute atomic E-state index is 4.16. The Kier molecular flexibility index (Phi) is 5.21. The zero-order chi connectivity index (χ0) is 13.7. The van der Waals surface area contributed by atoms with Crippen LogP contribution < -0.4 is 5.32 Å². The molecule has 0 amide bonds. The number of hydrogen-bond acceptors (Lipinski definition) is 5. The van der Waals surface area contributed by atoms with Gasteiger partial charge in [0.2, 0.25) is 5.16 Å². The summed E-state index contributed by atoms with van der Waals surface area (Å²) in [5, 5.41) is 17.2. The minimum Gasteiger partial charge on any atom is -0.310 e. The van der Waals surface area contributed by atoms with Gasteiger partial charge in [-0.2, -0.15) is 0 Å². The first-order valence-electron chi connectivity index (χ1n) is 7.22. The van der Waals surface area contributed by atoms with Crippen LogP contribution in [0, 0.1) is 0 Å². The summed E-state index contributed by atoms with van der Waals surface area (Å²) in [5.41, 5.74) is 0.144. The van der Waals surface area contributed by atoms with Crippen LogP contribution in [0.5, 0.6) is 0 Å². The molecule has 0 aliphatic heterocycles. The van der Waals surface area contributed by atoms with Crippen molar-refractivity contribution in [1.82, 2.24) is 25.5 Å². The Balaban J connectivity index is 1.83. The number of rotatable bonds is 5. The number of nitrogens with one attached hydrogen (secondary N) is 1. The molecule has 1 aliphatic rings. The van der Waals surface area contributed by atoms with Gasteiger partial charge in [0.25, 0.3) is 0 Å². The average Bonchev–Trinajstić information content (AvgIpc) is 2.76. The molecule has 2 rings (SSSR count). The second-order valence-electron chi connectivity index (χ2n) is 6.24. The molecule has 0 radical (unpaired) electrons. The van der Waals surface area contributed by atoms with Crippen LogP contribution in [0.15, 0.2) is 5.16 Å². The molecule has 6 heteroatoms. The fourth-order valence-corrected chi connectivity index (χ4v) is 3.49. The van der Waals surface area contributed by atoms with E-state index in [1.165, 1.54) is 32.1 Å². The Labute approximate surface area is 119 Å². The average molecular weight is 283 g/mol. The monoisotopic (exact) mass is 283 g/mol. The molecule has 1 aromatic rings. The summed E-state index contributed by atoms with van der Waals surface area (Å²) in [4.78, 5) is 0. The van der Waals surface area contributed by atoms with Gasteiger partial charge in [-0.25, -0.2) is 4.68 Å². The van der Waals surface area contributed by atoms with Crippen molar-refractivity contribution in [3.8, 4) is 0 Å². The second-order valence-corrected chi connectivity index (χ2v) is 7.51. The SMILES string of the molecule is CC(C)(C)NCCn1nnnc1SC1CCCCC1. The summed E-state index contributed by atoms with van der Waals surface area (Å²) in [7, 11) is 0. The van der Waals surface area contributed by atoms with Gasteiger partial charge in [-0.15, -0.1) is 5.10 Å². The molecule has 0 saturated heterocycles. The lowest BCUT2D eigenvalue weighted by molar-refractivity contribution is 0.395. The molecule has 1 heterocycles. The summed E-state index contributed by atoms with van der Waals surface area (Å²) in [5.74, 6) is 0. The van der Waals surface area contributed by atoms with Crippen LogP contribution in [0.25, 0.3) is 0 Å². The summed E-state index contributed by atoms with van der Waals surface area (Å²) in [6, 6.07) is 0. The quantitative estimate of drug-likeness (QED) is 0.899. The van der Waals surface area contributed by atoms with Crippen molar-refractivity contribution in [2.75, 3.05) is 6.54 Å². The Morgan fingerprint density at radius 2 is 2.00 bits per heavy atom. The number of hydrogen-bond donors (Lipinski definition) is 1. The lowest BCUT2D eigenvalue weighted by atomic mass is 10.0. The zero-order valence-corrected chi connectivity index (χ0v) is 13.0. The predicted octanol–water partition coefficient (Wildman–Crippen LogP) is 2.49. The first-order chi connectivity index (χ1) is 9.04. The molecule has 0 atom stereocenters. The highest BCUT2D eigenvalue weighted by molar-refractivity contribution is 7.99. The lowest BCUT2D eigenvalue weighted by Gasteiger charge is -2.21. The maximum Gasteiger partial charge on any atom is 0.209 e. The molecule has 0 aromatic carbocycles. The molecule has 1 aromatic heterocycles. The molecule has 1 N–H and O–H groups in total. The fraction of sp³-hybridized carbons (Fsp3) is 0.923. The highest BCUT2D eigenvalue weighted by atomic mass is 32.2. The number of aromatic nitrogens is 4. The van der Waals surface area contributed by atoms with Crippen LogP contribution in [-0.2, 0) is 6.54 Å². The Morgan fingerprint density at radius 1 is 1.26 bits per heavy atom. The molecule has 1 fully saturated rings. The molecule has 0 spiro atoms. The molecular weight excluding hydrogens is 258 g/mol. The Bertz CT molecular complexity index is 379. The minimum absolute atomic E-state index is 0.144. The van der Waals surface area contributed by atoms with Crippen molar-refractivity contribution in [1.29, 1.82) is 0 Å². The van der Waals surface area contributed by atoms with Gasteiger partial charge in [0, 0.05) is 17.3 Å². The number of tetrazole rings is 1. The van der Waals surface area contributed by atoms with E-state index in [0.29, 0.717) is 5.25 Å². The van der Waals surface area contributed by atoms with E-state index in [4.69, 9.17) is 0 Å². The van der Waals surface area contributed by atoms with E-state index in [9.17, 15) is 0 Å². The van der Waals surface area contributed by atoms with Crippen molar-refractivity contribution in [2.45, 2.75) is 75.4 Å². The van der Waals surface area contributed by atoms with Gasteiger partial charge in [0.15, 0.2) is 0 Å². The number of thioether (sulfide) groups is 1. The van der Waals surface area contributed by atoms with Crippen molar-refractivity contribution in [3.63, 3.8) is 0 Å². The normalized spacial score (nSPS) is 17.8. The van der Waals surface area contributed by atoms with Crippen LogP contribution in [0.3, 0.4) is 0 Å². The molecule has 108 valence electrons. The molecule has 19 heavy (non-hydrogen) atoms. The third-order valence-corrected chi connectivity index (χ3v) is 4.61. The van der Waals surface area contributed by atoms with Crippen molar-refractivity contribution < 1.29 is 0 Å². The van der Waals surface area contributed by atoms with Gasteiger partial charge in [0.1, 0.15) is 0 Å². The van der Waals surface area contributed by atoms with Crippen molar-refractivity contribution in [3.05, 3.63) is 0 Å². The third kappa shape index (κ3) is 5.10. The van der Waals surface area contributed by atoms with Gasteiger partial charge in [-0.05, 0) is 44.0 Å². The fourth-order valence-electron chi connectivity index (χ4n) is 2.29. The summed E-state index contributed by atoms with van der Waals surface area (Å²) < 4.78 is 1.93. The van der Waals surface area contributed by atoms with E-state index in [0.717, 1.165) is 18.2 Å². The van der Waals surface area contributed by atoms with Crippen LogP contribution >= 0.6 is 11.8 Å². The molecule has 0 unspecified atom stereocenters. The third-order valence-electron chi connectivity index (χ3n) is 3.30. The highest BCUT2D eigenvalue weighted by Gasteiger charge is 2.18. The molecule has 5 nitrogen and oxygen atoms in total. The lowest BCUT2D eigenvalue weighted by Crippen LogP contribution is -2.38. The highest BCUT2D eigenvalue weighted by Crippen LogP contribution is 2.31. The Hall–Kier alpha value is -0.620. The van der Waals surface area contributed by atoms with Gasteiger partial charge in [-0.3, -0.25) is 0 Å². The molecule has 1 aliphatic carbocycles. The molecule has 1 saturated carbocycles. The van der Waals surface area contributed by atoms with Gasteiger partial charge < -0.3 is 5.32 Å². The van der Waals surface area contributed by atoms with Crippen molar-refractivity contribution in [2.24, 2.45) is 0 Å². The van der Waals surface area contributed by atoms with E-state index in [1.54, 1.807) is 0 Å². The summed E-state index contributed by atoms with van der Waals surface area (Å²) in [6.07, 6.45) is 6.70. The maximum atomic E-state index is 4.16. The van der Waals surface area contributed by atoms with Crippen LogP contribution in [0.4, 0.5) is 0 Å². The first kappa shape index (κ1) is 14.8. The smallest absolute Gasteiger partial charge is 0.209 e. The standard InChI is InChI=1S/C13H25N5S/c1-13(2,3)14-9-10-18-12(15-16-17-18)19-11-7-5-4-6-8-11/h11,14H,4-10H2,1-3H3. The van der Waals surface area contributed by atoms with Crippen LogP contribution in [0.2, 0.25) is 0 Å². The van der Waals surface area contributed by atoms with Gasteiger partial charge >= 0.3 is 0 Å². The van der Waals surface area contributed by atoms with Crippen molar-refractivity contribution >= 4 is 11.8 Å². The topological polar surface area (TPSA) is 55.6 Å². The van der Waals surface area contributed by atoms with E-state index >= 15 is 0 Å². The van der Waals surface area contributed by atoms with E-state index < -0.39 is 0 Å². The number of nitrogens with zero attached hydrogens (tertiary/aromatic N) is 4. The van der Waals surface area contributed by atoms with Crippen LogP contribution in [0.1, 0.15) is 52.9 Å². The summed E-state index contributed by atoms with van der Waals surface area (Å²) >= 11 is 1.85. The van der Waals surface area contributed by atoms with Gasteiger partial charge in [0.05, 0.1) is 6.54 Å². The van der Waals surface area contributed by atoms with Gasteiger partial charge in [-0.1, -0.05) is 31.0 Å².